The van der Waals surface area contributed by atoms with E-state index in [2.05, 4.69) is 21.2 Å². The van der Waals surface area contributed by atoms with Gasteiger partial charge in [0.25, 0.3) is 0 Å². The number of hydrogen-bond donors (Lipinski definition) is 2. The quantitative estimate of drug-likeness (QED) is 0.775. The van der Waals surface area contributed by atoms with Gasteiger partial charge >= 0.3 is 0 Å². The first-order valence-corrected chi connectivity index (χ1v) is 7.45. The Bertz CT molecular complexity index is 630. The van der Waals surface area contributed by atoms with Gasteiger partial charge in [-0.3, -0.25) is 0 Å². The SMILES string of the molecule is COc1ccc(Nc2cc(N)cc(OC(C)C)c2)cc1Br. The lowest BCUT2D eigenvalue weighted by atomic mass is 10.2. The summed E-state index contributed by atoms with van der Waals surface area (Å²) in [6.45, 7) is 3.97. The molecule has 2 rings (SSSR count). The lowest BCUT2D eigenvalue weighted by molar-refractivity contribution is 0.242. The van der Waals surface area contributed by atoms with E-state index < -0.39 is 0 Å². The molecule has 0 spiro atoms. The Hall–Kier alpha value is -1.88. The van der Waals surface area contributed by atoms with Crippen molar-refractivity contribution in [3.05, 3.63) is 40.9 Å². The molecule has 3 N–H and O–H groups in total. The molecule has 4 nitrogen and oxygen atoms in total. The molecule has 0 radical (unpaired) electrons. The Kier molecular flexibility index (Phi) is 4.96. The zero-order valence-electron chi connectivity index (χ0n) is 12.3. The van der Waals surface area contributed by atoms with Crippen LogP contribution in [0.2, 0.25) is 0 Å². The van der Waals surface area contributed by atoms with Crippen molar-refractivity contribution in [3.63, 3.8) is 0 Å². The summed E-state index contributed by atoms with van der Waals surface area (Å²) in [4.78, 5) is 0. The number of ether oxygens (including phenoxy) is 2. The van der Waals surface area contributed by atoms with Gasteiger partial charge in [-0.2, -0.15) is 0 Å². The van der Waals surface area contributed by atoms with Crippen molar-refractivity contribution in [2.45, 2.75) is 20.0 Å². The van der Waals surface area contributed by atoms with Gasteiger partial charge in [-0.1, -0.05) is 0 Å². The Morgan fingerprint density at radius 3 is 2.48 bits per heavy atom. The van der Waals surface area contributed by atoms with Crippen LogP contribution in [0.25, 0.3) is 0 Å². The van der Waals surface area contributed by atoms with E-state index in [9.17, 15) is 0 Å². The van der Waals surface area contributed by atoms with Gasteiger partial charge in [0.1, 0.15) is 11.5 Å². The molecule has 0 saturated carbocycles. The summed E-state index contributed by atoms with van der Waals surface area (Å²) in [6.07, 6.45) is 0.106. The smallest absolute Gasteiger partial charge is 0.133 e. The minimum atomic E-state index is 0.106. The fraction of sp³-hybridized carbons (Fsp3) is 0.250. The number of nitrogens with one attached hydrogen (secondary N) is 1. The number of methoxy groups -OCH3 is 1. The third-order valence-electron chi connectivity index (χ3n) is 2.74. The zero-order chi connectivity index (χ0) is 15.4. The second-order valence-corrected chi connectivity index (χ2v) is 5.79. The molecule has 0 unspecified atom stereocenters. The molecule has 0 aromatic heterocycles. The normalized spacial score (nSPS) is 10.5. The summed E-state index contributed by atoms with van der Waals surface area (Å²) >= 11 is 3.47. The predicted molar refractivity (Wildman–Crippen MR) is 90.6 cm³/mol. The number of nitrogen functional groups attached to an aromatic ring is 1. The molecule has 0 aliphatic heterocycles. The molecule has 0 amide bonds. The second kappa shape index (κ2) is 6.72. The summed E-state index contributed by atoms with van der Waals surface area (Å²) in [5.74, 6) is 1.54. The van der Waals surface area contributed by atoms with Crippen LogP contribution in [0.4, 0.5) is 17.1 Å². The molecule has 0 fully saturated rings. The Labute approximate surface area is 133 Å². The van der Waals surface area contributed by atoms with Crippen molar-refractivity contribution >= 4 is 33.0 Å². The minimum absolute atomic E-state index is 0.106. The van der Waals surface area contributed by atoms with Crippen molar-refractivity contribution in [1.29, 1.82) is 0 Å². The maximum Gasteiger partial charge on any atom is 0.133 e. The van der Waals surface area contributed by atoms with Gasteiger partial charge in [0.2, 0.25) is 0 Å². The fourth-order valence-electron chi connectivity index (χ4n) is 1.95. The third kappa shape index (κ3) is 4.29. The maximum absolute atomic E-state index is 5.92. The van der Waals surface area contributed by atoms with Gasteiger partial charge in [0.15, 0.2) is 0 Å². The highest BCUT2D eigenvalue weighted by atomic mass is 79.9. The molecule has 5 heteroatoms. The van der Waals surface area contributed by atoms with Crippen molar-refractivity contribution < 1.29 is 9.47 Å². The molecule has 0 aliphatic rings. The molecule has 112 valence electrons. The number of hydrogen-bond acceptors (Lipinski definition) is 4. The third-order valence-corrected chi connectivity index (χ3v) is 3.36. The number of benzene rings is 2. The van der Waals surface area contributed by atoms with Crippen LogP contribution in [0.15, 0.2) is 40.9 Å². The Balaban J connectivity index is 2.22. The minimum Gasteiger partial charge on any atom is -0.496 e. The summed E-state index contributed by atoms with van der Waals surface area (Å²) in [5.41, 5.74) is 8.38. The van der Waals surface area contributed by atoms with Gasteiger partial charge < -0.3 is 20.5 Å². The molecular weight excluding hydrogens is 332 g/mol. The molecule has 0 aliphatic carbocycles. The van der Waals surface area contributed by atoms with Crippen LogP contribution in [0.3, 0.4) is 0 Å². The molecule has 21 heavy (non-hydrogen) atoms. The van der Waals surface area contributed by atoms with Crippen molar-refractivity contribution in [1.82, 2.24) is 0 Å². The average molecular weight is 351 g/mol. The van der Waals surface area contributed by atoms with Crippen LogP contribution in [-0.4, -0.2) is 13.2 Å². The van der Waals surface area contributed by atoms with Gasteiger partial charge in [-0.15, -0.1) is 0 Å². The van der Waals surface area contributed by atoms with Crippen molar-refractivity contribution in [2.24, 2.45) is 0 Å². The fourth-order valence-corrected chi connectivity index (χ4v) is 2.49. The summed E-state index contributed by atoms with van der Waals surface area (Å²) in [7, 11) is 1.64. The first-order valence-electron chi connectivity index (χ1n) is 6.65. The van der Waals surface area contributed by atoms with E-state index in [0.717, 1.165) is 27.3 Å². The van der Waals surface area contributed by atoms with E-state index in [-0.39, 0.29) is 6.10 Å². The number of halogens is 1. The monoisotopic (exact) mass is 350 g/mol. The highest BCUT2D eigenvalue weighted by Crippen LogP contribution is 2.31. The highest BCUT2D eigenvalue weighted by molar-refractivity contribution is 9.10. The summed E-state index contributed by atoms with van der Waals surface area (Å²) in [6, 6.07) is 11.4. The van der Waals surface area contributed by atoms with Crippen LogP contribution in [0.1, 0.15) is 13.8 Å². The van der Waals surface area contributed by atoms with Crippen LogP contribution in [0.5, 0.6) is 11.5 Å². The van der Waals surface area contributed by atoms with E-state index in [1.54, 1.807) is 7.11 Å². The molecule has 0 bridgehead atoms. The van der Waals surface area contributed by atoms with Gasteiger partial charge in [0.05, 0.1) is 17.7 Å². The second-order valence-electron chi connectivity index (χ2n) is 4.93. The molecule has 0 atom stereocenters. The van der Waals surface area contributed by atoms with Crippen molar-refractivity contribution in [2.75, 3.05) is 18.2 Å². The van der Waals surface area contributed by atoms with Gasteiger partial charge in [0, 0.05) is 29.2 Å². The standard InChI is InChI=1S/C16H19BrN2O2/c1-10(2)21-14-7-11(18)6-13(8-14)19-12-4-5-16(20-3)15(17)9-12/h4-10,19H,18H2,1-3H3. The topological polar surface area (TPSA) is 56.5 Å². The first kappa shape index (κ1) is 15.5. The van der Waals surface area contributed by atoms with Crippen LogP contribution in [0, 0.1) is 0 Å². The van der Waals surface area contributed by atoms with Crippen LogP contribution >= 0.6 is 15.9 Å². The summed E-state index contributed by atoms with van der Waals surface area (Å²) < 4.78 is 11.8. The van der Waals surface area contributed by atoms with Crippen molar-refractivity contribution in [3.8, 4) is 11.5 Å². The number of anilines is 3. The number of nitrogens with two attached hydrogens (primary N) is 1. The van der Waals surface area contributed by atoms with Gasteiger partial charge in [-0.25, -0.2) is 0 Å². The van der Waals surface area contributed by atoms with E-state index >= 15 is 0 Å². The predicted octanol–water partition coefficient (Wildman–Crippen LogP) is 4.57. The van der Waals surface area contributed by atoms with Crippen LogP contribution in [-0.2, 0) is 0 Å². The van der Waals surface area contributed by atoms with Gasteiger partial charge in [-0.05, 0) is 54.0 Å². The average Bonchev–Trinajstić information content (AvgIpc) is 2.37. The molecule has 0 heterocycles. The highest BCUT2D eigenvalue weighted by Gasteiger charge is 2.05. The van der Waals surface area contributed by atoms with E-state index in [4.69, 9.17) is 15.2 Å². The van der Waals surface area contributed by atoms with Crippen LogP contribution < -0.4 is 20.5 Å². The van der Waals surface area contributed by atoms with E-state index in [1.165, 1.54) is 0 Å². The largest absolute Gasteiger partial charge is 0.496 e. The maximum atomic E-state index is 5.92. The summed E-state index contributed by atoms with van der Waals surface area (Å²) in [5, 5.41) is 3.30. The lowest BCUT2D eigenvalue weighted by Gasteiger charge is -2.14. The molecule has 2 aromatic rings. The Morgan fingerprint density at radius 1 is 1.10 bits per heavy atom. The zero-order valence-corrected chi connectivity index (χ0v) is 13.9. The number of rotatable bonds is 5. The van der Waals surface area contributed by atoms with E-state index in [1.807, 2.05) is 50.2 Å². The molecular formula is C16H19BrN2O2. The molecule has 0 saturated heterocycles. The lowest BCUT2D eigenvalue weighted by Crippen LogP contribution is -2.06. The molecule has 2 aromatic carbocycles. The Morgan fingerprint density at radius 2 is 1.86 bits per heavy atom. The first-order chi connectivity index (χ1) is 9.97. The van der Waals surface area contributed by atoms with E-state index in [0.29, 0.717) is 5.69 Å².